The van der Waals surface area contributed by atoms with E-state index in [9.17, 15) is 9.59 Å². The van der Waals surface area contributed by atoms with Gasteiger partial charge in [-0.3, -0.25) is 14.5 Å². The fraction of sp³-hybridized carbons (Fsp3) is 0.385. The minimum atomic E-state index is -0.130. The standard InChI is InChI=1S/C26H28BrN5O3/c1-17-9-10-21(14-22(17)32-12-4-8-24(32)33)28-26(34)19-6-3-11-31(15-19)16-23-29-25(30-35-23)18-5-2-7-20(27)13-18/h2,5,7,9-10,13-14,19H,3-4,6,8,11-12,15-16H2,1H3,(H,28,34). The lowest BCUT2D eigenvalue weighted by atomic mass is 9.97. The highest BCUT2D eigenvalue weighted by Crippen LogP contribution is 2.29. The quantitative estimate of drug-likeness (QED) is 0.486. The second kappa shape index (κ2) is 10.3. The number of aromatic nitrogens is 2. The molecule has 3 aromatic rings. The first-order valence-electron chi connectivity index (χ1n) is 12.0. The van der Waals surface area contributed by atoms with Gasteiger partial charge in [0.25, 0.3) is 0 Å². The first-order chi connectivity index (χ1) is 17.0. The van der Waals surface area contributed by atoms with Crippen LogP contribution in [-0.2, 0) is 16.1 Å². The number of piperidine rings is 1. The van der Waals surface area contributed by atoms with E-state index in [-0.39, 0.29) is 17.7 Å². The number of likely N-dealkylation sites (tertiary alicyclic amines) is 1. The molecule has 8 nitrogen and oxygen atoms in total. The maximum absolute atomic E-state index is 13.1. The SMILES string of the molecule is Cc1ccc(NC(=O)C2CCCN(Cc3nc(-c4cccc(Br)c4)no3)C2)cc1N1CCCC1=O. The van der Waals surface area contributed by atoms with Crippen molar-refractivity contribution in [2.45, 2.75) is 39.2 Å². The Balaban J connectivity index is 1.21. The molecule has 2 aliphatic rings. The molecule has 3 heterocycles. The largest absolute Gasteiger partial charge is 0.338 e. The predicted octanol–water partition coefficient (Wildman–Crippen LogP) is 4.79. The van der Waals surface area contributed by atoms with Gasteiger partial charge in [0.15, 0.2) is 0 Å². The number of amides is 2. The summed E-state index contributed by atoms with van der Waals surface area (Å²) in [4.78, 5) is 33.9. The van der Waals surface area contributed by atoms with Crippen LogP contribution in [0.1, 0.15) is 37.1 Å². The van der Waals surface area contributed by atoms with E-state index in [0.717, 1.165) is 59.3 Å². The van der Waals surface area contributed by atoms with Gasteiger partial charge in [0.2, 0.25) is 23.5 Å². The monoisotopic (exact) mass is 537 g/mol. The summed E-state index contributed by atoms with van der Waals surface area (Å²) in [6, 6.07) is 13.6. The normalized spacial score (nSPS) is 18.7. The Labute approximate surface area is 212 Å². The Kier molecular flexibility index (Phi) is 6.97. The van der Waals surface area contributed by atoms with Crippen molar-refractivity contribution in [1.82, 2.24) is 15.0 Å². The molecule has 2 fully saturated rings. The maximum atomic E-state index is 13.1. The van der Waals surface area contributed by atoms with Gasteiger partial charge < -0.3 is 14.7 Å². The number of halogens is 1. The van der Waals surface area contributed by atoms with Crippen LogP contribution in [0.5, 0.6) is 0 Å². The molecule has 9 heteroatoms. The summed E-state index contributed by atoms with van der Waals surface area (Å²) in [7, 11) is 0. The number of nitrogens with one attached hydrogen (secondary N) is 1. The Morgan fingerprint density at radius 1 is 1.20 bits per heavy atom. The molecule has 182 valence electrons. The van der Waals surface area contributed by atoms with E-state index in [1.165, 1.54) is 0 Å². The van der Waals surface area contributed by atoms with Crippen molar-refractivity contribution >= 4 is 39.1 Å². The molecule has 0 saturated carbocycles. The van der Waals surface area contributed by atoms with Crippen molar-refractivity contribution in [2.24, 2.45) is 5.92 Å². The fourth-order valence-electron chi connectivity index (χ4n) is 4.79. The molecule has 2 saturated heterocycles. The van der Waals surface area contributed by atoms with Gasteiger partial charge in [0.1, 0.15) is 0 Å². The number of anilines is 2. The van der Waals surface area contributed by atoms with Crippen LogP contribution in [0.25, 0.3) is 11.4 Å². The minimum absolute atomic E-state index is 0.00222. The lowest BCUT2D eigenvalue weighted by Crippen LogP contribution is -2.40. The van der Waals surface area contributed by atoms with Crippen LogP contribution in [0.3, 0.4) is 0 Å². The molecule has 0 spiro atoms. The molecule has 1 N–H and O–H groups in total. The number of hydrogen-bond donors (Lipinski definition) is 1. The van der Waals surface area contributed by atoms with Gasteiger partial charge in [-0.1, -0.05) is 39.3 Å². The van der Waals surface area contributed by atoms with E-state index in [4.69, 9.17) is 4.52 Å². The summed E-state index contributed by atoms with van der Waals surface area (Å²) < 4.78 is 6.44. The van der Waals surface area contributed by atoms with Crippen LogP contribution in [-0.4, -0.2) is 46.5 Å². The number of carbonyl (C=O) groups excluding carboxylic acids is 2. The first-order valence-corrected chi connectivity index (χ1v) is 12.8. The third-order valence-electron chi connectivity index (χ3n) is 6.63. The zero-order chi connectivity index (χ0) is 24.4. The lowest BCUT2D eigenvalue weighted by Gasteiger charge is -2.31. The van der Waals surface area contributed by atoms with E-state index in [1.54, 1.807) is 0 Å². The topological polar surface area (TPSA) is 91.6 Å². The van der Waals surface area contributed by atoms with Crippen molar-refractivity contribution in [3.05, 3.63) is 58.4 Å². The van der Waals surface area contributed by atoms with Crippen LogP contribution in [0, 0.1) is 12.8 Å². The second-order valence-electron chi connectivity index (χ2n) is 9.24. The second-order valence-corrected chi connectivity index (χ2v) is 10.2. The summed E-state index contributed by atoms with van der Waals surface area (Å²) in [6.45, 7) is 4.74. The van der Waals surface area contributed by atoms with Crippen LogP contribution in [0.4, 0.5) is 11.4 Å². The van der Waals surface area contributed by atoms with Crippen LogP contribution in [0.15, 0.2) is 51.5 Å². The summed E-state index contributed by atoms with van der Waals surface area (Å²) in [5.74, 6) is 1.11. The third-order valence-corrected chi connectivity index (χ3v) is 7.12. The van der Waals surface area contributed by atoms with Crippen molar-refractivity contribution in [3.63, 3.8) is 0 Å². The average Bonchev–Trinajstić information content (AvgIpc) is 3.49. The first kappa shape index (κ1) is 23.7. The molecule has 1 aromatic heterocycles. The molecule has 1 atom stereocenters. The molecule has 0 radical (unpaired) electrons. The van der Waals surface area contributed by atoms with Gasteiger partial charge in [0.05, 0.1) is 12.5 Å². The molecule has 2 aliphatic heterocycles. The maximum Gasteiger partial charge on any atom is 0.241 e. The molecule has 0 bridgehead atoms. The molecule has 2 aromatic carbocycles. The highest BCUT2D eigenvalue weighted by molar-refractivity contribution is 9.10. The number of benzene rings is 2. The molecule has 1 unspecified atom stereocenters. The summed E-state index contributed by atoms with van der Waals surface area (Å²) in [6.07, 6.45) is 3.21. The van der Waals surface area contributed by atoms with E-state index in [1.807, 2.05) is 54.3 Å². The average molecular weight is 538 g/mol. The van der Waals surface area contributed by atoms with Gasteiger partial charge in [-0.2, -0.15) is 4.98 Å². The fourth-order valence-corrected chi connectivity index (χ4v) is 5.19. The van der Waals surface area contributed by atoms with E-state index < -0.39 is 0 Å². The third kappa shape index (κ3) is 5.46. The highest BCUT2D eigenvalue weighted by Gasteiger charge is 2.28. The van der Waals surface area contributed by atoms with Crippen molar-refractivity contribution in [1.29, 1.82) is 0 Å². The van der Waals surface area contributed by atoms with Crippen molar-refractivity contribution < 1.29 is 14.1 Å². The van der Waals surface area contributed by atoms with E-state index in [0.29, 0.717) is 31.2 Å². The van der Waals surface area contributed by atoms with Gasteiger partial charge in [-0.15, -0.1) is 0 Å². The van der Waals surface area contributed by atoms with E-state index >= 15 is 0 Å². The molecule has 2 amide bonds. The molecule has 0 aliphatic carbocycles. The number of hydrogen-bond acceptors (Lipinski definition) is 6. The number of aryl methyl sites for hydroxylation is 1. The summed E-state index contributed by atoms with van der Waals surface area (Å²) in [5, 5.41) is 7.19. The Bertz CT molecular complexity index is 1240. The van der Waals surface area contributed by atoms with Gasteiger partial charge in [-0.25, -0.2) is 0 Å². The van der Waals surface area contributed by atoms with Gasteiger partial charge in [0, 0.05) is 40.9 Å². The Morgan fingerprint density at radius 3 is 2.89 bits per heavy atom. The van der Waals surface area contributed by atoms with E-state index in [2.05, 4.69) is 36.3 Å². The molecular formula is C26H28BrN5O3. The number of carbonyl (C=O) groups is 2. The zero-order valence-corrected chi connectivity index (χ0v) is 21.3. The molecular weight excluding hydrogens is 510 g/mol. The van der Waals surface area contributed by atoms with Gasteiger partial charge >= 0.3 is 0 Å². The minimum Gasteiger partial charge on any atom is -0.338 e. The predicted molar refractivity (Wildman–Crippen MR) is 137 cm³/mol. The van der Waals surface area contributed by atoms with Crippen LogP contribution < -0.4 is 10.2 Å². The smallest absolute Gasteiger partial charge is 0.241 e. The van der Waals surface area contributed by atoms with Crippen molar-refractivity contribution in [3.8, 4) is 11.4 Å². The number of nitrogens with zero attached hydrogens (tertiary/aromatic N) is 4. The summed E-state index contributed by atoms with van der Waals surface area (Å²) in [5.41, 5.74) is 3.53. The number of rotatable bonds is 6. The van der Waals surface area contributed by atoms with Crippen LogP contribution >= 0.6 is 15.9 Å². The zero-order valence-electron chi connectivity index (χ0n) is 19.7. The van der Waals surface area contributed by atoms with Gasteiger partial charge in [-0.05, 0) is 62.6 Å². The van der Waals surface area contributed by atoms with Crippen molar-refractivity contribution in [2.75, 3.05) is 29.9 Å². The van der Waals surface area contributed by atoms with Crippen LogP contribution in [0.2, 0.25) is 0 Å². The Morgan fingerprint density at radius 2 is 2.09 bits per heavy atom. The Hall–Kier alpha value is -3.04. The molecule has 35 heavy (non-hydrogen) atoms. The highest BCUT2D eigenvalue weighted by atomic mass is 79.9. The molecule has 5 rings (SSSR count). The lowest BCUT2D eigenvalue weighted by molar-refractivity contribution is -0.121. The summed E-state index contributed by atoms with van der Waals surface area (Å²) >= 11 is 3.47.